The van der Waals surface area contributed by atoms with Gasteiger partial charge in [-0.05, 0) is 12.1 Å². The second kappa shape index (κ2) is 4.71. The first kappa shape index (κ1) is 11.9. The summed E-state index contributed by atoms with van der Waals surface area (Å²) in [7, 11) is 0. The van der Waals surface area contributed by atoms with Crippen molar-refractivity contribution in [2.75, 3.05) is 11.6 Å². The third kappa shape index (κ3) is 2.74. The zero-order chi connectivity index (χ0) is 12.4. The summed E-state index contributed by atoms with van der Waals surface area (Å²) >= 11 is 5.82. The van der Waals surface area contributed by atoms with E-state index in [4.69, 9.17) is 11.6 Å². The van der Waals surface area contributed by atoms with E-state index in [9.17, 15) is 4.79 Å². The largest absolute Gasteiger partial charge is 0.313 e. The van der Waals surface area contributed by atoms with Gasteiger partial charge in [0.25, 0.3) is 0 Å². The SMILES string of the molecule is CC(=O)NC1=NN(c2cccc(Cl)n2)CC1C. The molecule has 0 spiro atoms. The Hall–Kier alpha value is -1.62. The fraction of sp³-hybridized carbons (Fsp3) is 0.364. The van der Waals surface area contributed by atoms with E-state index in [0.717, 1.165) is 0 Å². The summed E-state index contributed by atoms with van der Waals surface area (Å²) in [5, 5.41) is 9.20. The number of nitrogens with zero attached hydrogens (tertiary/aromatic N) is 3. The van der Waals surface area contributed by atoms with E-state index in [1.165, 1.54) is 6.92 Å². The molecule has 17 heavy (non-hydrogen) atoms. The van der Waals surface area contributed by atoms with Crippen molar-refractivity contribution < 1.29 is 4.79 Å². The number of rotatable bonds is 1. The Morgan fingerprint density at radius 2 is 2.35 bits per heavy atom. The van der Waals surface area contributed by atoms with Gasteiger partial charge in [-0.15, -0.1) is 0 Å². The summed E-state index contributed by atoms with van der Waals surface area (Å²) < 4.78 is 0. The summed E-state index contributed by atoms with van der Waals surface area (Å²) in [6.07, 6.45) is 0. The molecule has 0 saturated carbocycles. The minimum Gasteiger partial charge on any atom is -0.313 e. The standard InChI is InChI=1S/C11H13ClN4O/c1-7-6-16(15-11(7)13-8(2)17)10-5-3-4-9(12)14-10/h3-5,7H,6H2,1-2H3,(H,13,15,17). The highest BCUT2D eigenvalue weighted by atomic mass is 35.5. The Labute approximate surface area is 104 Å². The number of pyridine rings is 1. The molecule has 1 unspecified atom stereocenters. The number of amides is 1. The molecule has 0 saturated heterocycles. The molecule has 1 N–H and O–H groups in total. The number of nitrogens with one attached hydrogen (secondary N) is 1. The van der Waals surface area contributed by atoms with Crippen LogP contribution >= 0.6 is 11.6 Å². The minimum absolute atomic E-state index is 0.114. The molecule has 2 heterocycles. The van der Waals surface area contributed by atoms with Gasteiger partial charge in [0.15, 0.2) is 5.82 Å². The number of carbonyl (C=O) groups is 1. The van der Waals surface area contributed by atoms with E-state index in [0.29, 0.717) is 23.4 Å². The third-order valence-electron chi connectivity index (χ3n) is 2.41. The molecule has 2 rings (SSSR count). The van der Waals surface area contributed by atoms with Gasteiger partial charge in [0, 0.05) is 12.8 Å². The Bertz CT molecular complexity index is 474. The van der Waals surface area contributed by atoms with Crippen LogP contribution in [0.3, 0.4) is 0 Å². The summed E-state index contributed by atoms with van der Waals surface area (Å²) in [6, 6.07) is 5.36. The molecular formula is C11H13ClN4O. The third-order valence-corrected chi connectivity index (χ3v) is 2.62. The van der Waals surface area contributed by atoms with Crippen molar-refractivity contribution in [2.45, 2.75) is 13.8 Å². The molecule has 1 aromatic heterocycles. The second-order valence-corrected chi connectivity index (χ2v) is 4.36. The highest BCUT2D eigenvalue weighted by Crippen LogP contribution is 2.20. The van der Waals surface area contributed by atoms with Crippen molar-refractivity contribution in [3.8, 4) is 0 Å². The highest BCUT2D eigenvalue weighted by molar-refractivity contribution is 6.29. The van der Waals surface area contributed by atoms with E-state index >= 15 is 0 Å². The van der Waals surface area contributed by atoms with Gasteiger partial charge in [-0.25, -0.2) is 9.99 Å². The predicted octanol–water partition coefficient (Wildman–Crippen LogP) is 1.64. The molecule has 1 amide bonds. The molecule has 0 radical (unpaired) electrons. The molecule has 0 fully saturated rings. The van der Waals surface area contributed by atoms with Crippen LogP contribution in [0.2, 0.25) is 5.15 Å². The number of carbonyl (C=O) groups excluding carboxylic acids is 1. The molecule has 6 heteroatoms. The Kier molecular flexibility index (Phi) is 3.28. The van der Waals surface area contributed by atoms with Crippen molar-refractivity contribution in [1.82, 2.24) is 10.3 Å². The molecule has 1 aliphatic heterocycles. The van der Waals surface area contributed by atoms with E-state index in [2.05, 4.69) is 15.4 Å². The van der Waals surface area contributed by atoms with Crippen molar-refractivity contribution in [3.63, 3.8) is 0 Å². The molecule has 90 valence electrons. The first-order valence-electron chi connectivity index (χ1n) is 5.32. The number of hydrogen-bond acceptors (Lipinski definition) is 4. The minimum atomic E-state index is -0.114. The molecule has 1 aliphatic rings. The maximum absolute atomic E-state index is 11.0. The van der Waals surface area contributed by atoms with Crippen molar-refractivity contribution in [3.05, 3.63) is 23.4 Å². The second-order valence-electron chi connectivity index (χ2n) is 3.97. The monoisotopic (exact) mass is 252 g/mol. The summed E-state index contributed by atoms with van der Waals surface area (Å²) in [6.45, 7) is 4.15. The van der Waals surface area contributed by atoms with Crippen molar-refractivity contribution >= 4 is 29.2 Å². The summed E-state index contributed by atoms with van der Waals surface area (Å²) in [5.41, 5.74) is 0. The van der Waals surface area contributed by atoms with Crippen LogP contribution < -0.4 is 10.3 Å². The average Bonchev–Trinajstić information content (AvgIpc) is 2.59. The lowest BCUT2D eigenvalue weighted by molar-refractivity contribution is -0.117. The Morgan fingerprint density at radius 3 is 3.00 bits per heavy atom. The van der Waals surface area contributed by atoms with Crippen LogP contribution in [0.4, 0.5) is 5.82 Å². The van der Waals surface area contributed by atoms with Crippen LogP contribution in [0.25, 0.3) is 0 Å². The summed E-state index contributed by atoms with van der Waals surface area (Å²) in [4.78, 5) is 15.2. The molecular weight excluding hydrogens is 240 g/mol. The first-order chi connectivity index (χ1) is 8.06. The van der Waals surface area contributed by atoms with Crippen LogP contribution in [0.1, 0.15) is 13.8 Å². The molecule has 0 aliphatic carbocycles. The normalized spacial score (nSPS) is 19.1. The van der Waals surface area contributed by atoms with Crippen LogP contribution in [0.5, 0.6) is 0 Å². The van der Waals surface area contributed by atoms with E-state index in [1.807, 2.05) is 19.1 Å². The van der Waals surface area contributed by atoms with Crippen LogP contribution in [0, 0.1) is 5.92 Å². The van der Waals surface area contributed by atoms with E-state index < -0.39 is 0 Å². The fourth-order valence-electron chi connectivity index (χ4n) is 1.63. The first-order valence-corrected chi connectivity index (χ1v) is 5.70. The Balaban J connectivity index is 2.19. The molecule has 1 aromatic rings. The average molecular weight is 253 g/mol. The fourth-order valence-corrected chi connectivity index (χ4v) is 1.79. The van der Waals surface area contributed by atoms with Gasteiger partial charge in [0.1, 0.15) is 11.0 Å². The van der Waals surface area contributed by atoms with Crippen molar-refractivity contribution in [1.29, 1.82) is 0 Å². The van der Waals surface area contributed by atoms with Gasteiger partial charge in [-0.2, -0.15) is 5.10 Å². The lowest BCUT2D eigenvalue weighted by atomic mass is 10.1. The van der Waals surface area contributed by atoms with Gasteiger partial charge < -0.3 is 5.32 Å². The maximum atomic E-state index is 11.0. The zero-order valence-electron chi connectivity index (χ0n) is 9.64. The smallest absolute Gasteiger partial charge is 0.222 e. The number of halogens is 1. The zero-order valence-corrected chi connectivity index (χ0v) is 10.4. The quantitative estimate of drug-likeness (QED) is 0.773. The number of anilines is 1. The van der Waals surface area contributed by atoms with Gasteiger partial charge in [-0.3, -0.25) is 4.79 Å². The van der Waals surface area contributed by atoms with Crippen LogP contribution in [0.15, 0.2) is 23.3 Å². The number of aromatic nitrogens is 1. The number of amidine groups is 1. The van der Waals surface area contributed by atoms with Gasteiger partial charge >= 0.3 is 0 Å². The molecule has 5 nitrogen and oxygen atoms in total. The Morgan fingerprint density at radius 1 is 1.59 bits per heavy atom. The van der Waals surface area contributed by atoms with Crippen LogP contribution in [-0.4, -0.2) is 23.3 Å². The molecule has 1 atom stereocenters. The maximum Gasteiger partial charge on any atom is 0.222 e. The highest BCUT2D eigenvalue weighted by Gasteiger charge is 2.25. The van der Waals surface area contributed by atoms with Crippen molar-refractivity contribution in [2.24, 2.45) is 11.0 Å². The lowest BCUT2D eigenvalue weighted by Crippen LogP contribution is -2.31. The van der Waals surface area contributed by atoms with E-state index in [-0.39, 0.29) is 11.8 Å². The van der Waals surface area contributed by atoms with Gasteiger partial charge in [0.2, 0.25) is 5.91 Å². The van der Waals surface area contributed by atoms with E-state index in [1.54, 1.807) is 11.1 Å². The summed E-state index contributed by atoms with van der Waals surface area (Å²) in [5.74, 6) is 1.40. The van der Waals surface area contributed by atoms with Crippen LogP contribution in [-0.2, 0) is 4.79 Å². The van der Waals surface area contributed by atoms with Gasteiger partial charge in [-0.1, -0.05) is 24.6 Å². The number of hydrogen-bond donors (Lipinski definition) is 1. The topological polar surface area (TPSA) is 57.6 Å². The molecule has 0 bridgehead atoms. The number of hydrazone groups is 1. The lowest BCUT2D eigenvalue weighted by Gasteiger charge is -2.12. The predicted molar refractivity (Wildman–Crippen MR) is 67.0 cm³/mol. The van der Waals surface area contributed by atoms with Gasteiger partial charge in [0.05, 0.1) is 6.54 Å². The molecule has 0 aromatic carbocycles.